The quantitative estimate of drug-likeness (QED) is 0.775. The van der Waals surface area contributed by atoms with E-state index in [9.17, 15) is 0 Å². The van der Waals surface area contributed by atoms with Crippen molar-refractivity contribution in [2.75, 3.05) is 26.7 Å². The highest BCUT2D eigenvalue weighted by molar-refractivity contribution is 4.87. The summed E-state index contributed by atoms with van der Waals surface area (Å²) in [5.41, 5.74) is 0.573. The van der Waals surface area contributed by atoms with E-state index in [-0.39, 0.29) is 0 Å². The van der Waals surface area contributed by atoms with E-state index in [2.05, 4.69) is 45.0 Å². The van der Waals surface area contributed by atoms with Gasteiger partial charge in [-0.15, -0.1) is 0 Å². The number of hydrogen-bond acceptors (Lipinski definition) is 2. The SMILES string of the molecule is CCC1(CN(C)C(C)C(C)C)CCNCC1. The molecule has 0 spiro atoms. The first-order valence-electron chi connectivity index (χ1n) is 6.92. The fraction of sp³-hybridized carbons (Fsp3) is 1.00. The zero-order valence-electron chi connectivity index (χ0n) is 11.8. The van der Waals surface area contributed by atoms with E-state index < -0.39 is 0 Å². The lowest BCUT2D eigenvalue weighted by atomic mass is 9.76. The highest BCUT2D eigenvalue weighted by Crippen LogP contribution is 2.33. The van der Waals surface area contributed by atoms with Gasteiger partial charge in [0.1, 0.15) is 0 Å². The maximum absolute atomic E-state index is 3.48. The Hall–Kier alpha value is -0.0800. The van der Waals surface area contributed by atoms with Gasteiger partial charge in [-0.2, -0.15) is 0 Å². The number of hydrogen-bond donors (Lipinski definition) is 1. The second-order valence-electron chi connectivity index (χ2n) is 6.00. The van der Waals surface area contributed by atoms with E-state index in [0.29, 0.717) is 11.5 Å². The summed E-state index contributed by atoms with van der Waals surface area (Å²) in [7, 11) is 2.30. The van der Waals surface area contributed by atoms with Crippen molar-refractivity contribution in [3.8, 4) is 0 Å². The van der Waals surface area contributed by atoms with Gasteiger partial charge in [0, 0.05) is 12.6 Å². The molecular weight excluding hydrogens is 196 g/mol. The third-order valence-electron chi connectivity index (χ3n) is 4.66. The summed E-state index contributed by atoms with van der Waals surface area (Å²) in [5, 5.41) is 3.48. The zero-order chi connectivity index (χ0) is 12.2. The van der Waals surface area contributed by atoms with Gasteiger partial charge in [0.05, 0.1) is 0 Å². The van der Waals surface area contributed by atoms with Crippen LogP contribution < -0.4 is 5.32 Å². The Labute approximate surface area is 102 Å². The molecule has 0 aliphatic carbocycles. The van der Waals surface area contributed by atoms with Crippen LogP contribution in [0.2, 0.25) is 0 Å². The summed E-state index contributed by atoms with van der Waals surface area (Å²) in [6, 6.07) is 0.693. The van der Waals surface area contributed by atoms with Crippen molar-refractivity contribution in [2.45, 2.75) is 53.0 Å². The summed E-state index contributed by atoms with van der Waals surface area (Å²) >= 11 is 0. The van der Waals surface area contributed by atoms with Crippen molar-refractivity contribution in [2.24, 2.45) is 11.3 Å². The molecule has 1 unspecified atom stereocenters. The topological polar surface area (TPSA) is 15.3 Å². The van der Waals surface area contributed by atoms with Crippen molar-refractivity contribution in [1.82, 2.24) is 10.2 Å². The molecule has 1 aliphatic rings. The van der Waals surface area contributed by atoms with Gasteiger partial charge >= 0.3 is 0 Å². The van der Waals surface area contributed by atoms with Gasteiger partial charge in [0.25, 0.3) is 0 Å². The van der Waals surface area contributed by atoms with E-state index in [0.717, 1.165) is 5.92 Å². The van der Waals surface area contributed by atoms with E-state index in [1.165, 1.54) is 38.9 Å². The van der Waals surface area contributed by atoms with E-state index >= 15 is 0 Å². The number of piperidine rings is 1. The number of nitrogens with one attached hydrogen (secondary N) is 1. The van der Waals surface area contributed by atoms with Crippen molar-refractivity contribution >= 4 is 0 Å². The minimum Gasteiger partial charge on any atom is -0.317 e. The van der Waals surface area contributed by atoms with Gasteiger partial charge in [-0.3, -0.25) is 0 Å². The standard InChI is InChI=1S/C14H30N2/c1-6-14(7-9-15-10-8-14)11-16(5)13(4)12(2)3/h12-13,15H,6-11H2,1-5H3. The molecule has 0 aromatic rings. The van der Waals surface area contributed by atoms with Crippen LogP contribution in [-0.4, -0.2) is 37.6 Å². The normalized spacial score (nSPS) is 22.7. The maximum Gasteiger partial charge on any atom is 0.00871 e. The zero-order valence-corrected chi connectivity index (χ0v) is 11.8. The first-order valence-corrected chi connectivity index (χ1v) is 6.92. The van der Waals surface area contributed by atoms with Crippen LogP contribution in [0.1, 0.15) is 47.0 Å². The third-order valence-corrected chi connectivity index (χ3v) is 4.66. The molecule has 1 aliphatic heterocycles. The Morgan fingerprint density at radius 3 is 2.19 bits per heavy atom. The Kier molecular flexibility index (Phi) is 5.26. The van der Waals surface area contributed by atoms with Crippen LogP contribution >= 0.6 is 0 Å². The van der Waals surface area contributed by atoms with Crippen LogP contribution in [-0.2, 0) is 0 Å². The largest absolute Gasteiger partial charge is 0.317 e. The fourth-order valence-corrected chi connectivity index (χ4v) is 2.76. The molecule has 1 N–H and O–H groups in total. The molecule has 96 valence electrons. The highest BCUT2D eigenvalue weighted by Gasteiger charge is 2.32. The van der Waals surface area contributed by atoms with E-state index in [4.69, 9.17) is 0 Å². The molecule has 0 bridgehead atoms. The first-order chi connectivity index (χ1) is 7.51. The number of rotatable bonds is 5. The van der Waals surface area contributed by atoms with Gasteiger partial charge in [-0.05, 0) is 57.7 Å². The van der Waals surface area contributed by atoms with Crippen molar-refractivity contribution in [3.63, 3.8) is 0 Å². The van der Waals surface area contributed by atoms with Gasteiger partial charge in [0.15, 0.2) is 0 Å². The third kappa shape index (κ3) is 3.46. The second-order valence-corrected chi connectivity index (χ2v) is 6.00. The monoisotopic (exact) mass is 226 g/mol. The van der Waals surface area contributed by atoms with Crippen LogP contribution in [0.25, 0.3) is 0 Å². The average Bonchev–Trinajstić information content (AvgIpc) is 2.29. The van der Waals surface area contributed by atoms with Crippen LogP contribution in [0.15, 0.2) is 0 Å². The van der Waals surface area contributed by atoms with Gasteiger partial charge < -0.3 is 10.2 Å². The van der Waals surface area contributed by atoms with Gasteiger partial charge in [0.2, 0.25) is 0 Å². The molecule has 2 nitrogen and oxygen atoms in total. The van der Waals surface area contributed by atoms with Crippen molar-refractivity contribution in [3.05, 3.63) is 0 Å². The Morgan fingerprint density at radius 1 is 1.19 bits per heavy atom. The van der Waals surface area contributed by atoms with E-state index in [1.54, 1.807) is 0 Å². The van der Waals surface area contributed by atoms with Crippen molar-refractivity contribution < 1.29 is 0 Å². The average molecular weight is 226 g/mol. The second kappa shape index (κ2) is 6.02. The maximum atomic E-state index is 3.48. The first kappa shape index (κ1) is 14.0. The summed E-state index contributed by atoms with van der Waals surface area (Å²) in [6.45, 7) is 13.0. The fourth-order valence-electron chi connectivity index (χ4n) is 2.76. The molecule has 0 amide bonds. The predicted molar refractivity (Wildman–Crippen MR) is 71.8 cm³/mol. The van der Waals surface area contributed by atoms with E-state index in [1.807, 2.05) is 0 Å². The molecular formula is C14H30N2. The molecule has 1 saturated heterocycles. The number of nitrogens with zero attached hydrogens (tertiary/aromatic N) is 1. The molecule has 1 rings (SSSR count). The smallest absolute Gasteiger partial charge is 0.00871 e. The molecule has 1 atom stereocenters. The molecule has 0 aromatic heterocycles. The Bertz CT molecular complexity index is 195. The molecule has 16 heavy (non-hydrogen) atoms. The highest BCUT2D eigenvalue weighted by atomic mass is 15.1. The molecule has 0 aromatic carbocycles. The predicted octanol–water partition coefficient (Wildman–Crippen LogP) is 2.74. The summed E-state index contributed by atoms with van der Waals surface area (Å²) in [4.78, 5) is 2.57. The summed E-state index contributed by atoms with van der Waals surface area (Å²) < 4.78 is 0. The minimum atomic E-state index is 0.573. The molecule has 0 radical (unpaired) electrons. The summed E-state index contributed by atoms with van der Waals surface area (Å²) in [5.74, 6) is 0.751. The Balaban J connectivity index is 2.54. The Morgan fingerprint density at radius 2 is 1.75 bits per heavy atom. The lowest BCUT2D eigenvalue weighted by Gasteiger charge is -2.42. The molecule has 1 fully saturated rings. The van der Waals surface area contributed by atoms with Crippen LogP contribution in [0.3, 0.4) is 0 Å². The van der Waals surface area contributed by atoms with Gasteiger partial charge in [-0.1, -0.05) is 20.8 Å². The van der Waals surface area contributed by atoms with Crippen LogP contribution in [0, 0.1) is 11.3 Å². The lowest BCUT2D eigenvalue weighted by Crippen LogP contribution is -2.46. The van der Waals surface area contributed by atoms with Crippen molar-refractivity contribution in [1.29, 1.82) is 0 Å². The molecule has 1 heterocycles. The lowest BCUT2D eigenvalue weighted by molar-refractivity contribution is 0.0870. The van der Waals surface area contributed by atoms with Crippen LogP contribution in [0.4, 0.5) is 0 Å². The molecule has 2 heteroatoms. The minimum absolute atomic E-state index is 0.573. The molecule has 0 saturated carbocycles. The van der Waals surface area contributed by atoms with Crippen LogP contribution in [0.5, 0.6) is 0 Å². The van der Waals surface area contributed by atoms with Gasteiger partial charge in [-0.25, -0.2) is 0 Å². The summed E-state index contributed by atoms with van der Waals surface area (Å²) in [6.07, 6.45) is 4.02.